The van der Waals surface area contributed by atoms with Gasteiger partial charge in [-0.1, -0.05) is 0 Å². The van der Waals surface area contributed by atoms with Gasteiger partial charge >= 0.3 is 6.18 Å². The average Bonchev–Trinajstić information content (AvgIpc) is 2.15. The monoisotopic (exact) mass is 222 g/mol. The number of halogens is 4. The van der Waals surface area contributed by atoms with Crippen LogP contribution in [-0.2, 0) is 0 Å². The van der Waals surface area contributed by atoms with Crippen molar-refractivity contribution in [1.82, 2.24) is 0 Å². The van der Waals surface area contributed by atoms with E-state index in [1.165, 1.54) is 7.11 Å². The van der Waals surface area contributed by atoms with Crippen molar-refractivity contribution in [1.29, 1.82) is 0 Å². The van der Waals surface area contributed by atoms with E-state index in [0.717, 1.165) is 18.2 Å². The fourth-order valence-corrected chi connectivity index (χ4v) is 0.960. The SMILES string of the molecule is COc1ccc(C(=O)C(F)(F)F)c(F)c1. The standard InChI is InChI=1S/C9H6F4O2/c1-15-5-2-3-6(7(10)4-5)8(14)9(11,12)13/h2-4H,1H3. The number of carbonyl (C=O) groups excluding carboxylic acids is 1. The lowest BCUT2D eigenvalue weighted by atomic mass is 10.1. The van der Waals surface area contributed by atoms with Gasteiger partial charge in [0.2, 0.25) is 0 Å². The van der Waals surface area contributed by atoms with Gasteiger partial charge in [-0.2, -0.15) is 13.2 Å². The van der Waals surface area contributed by atoms with Crippen molar-refractivity contribution >= 4 is 5.78 Å². The highest BCUT2D eigenvalue weighted by atomic mass is 19.4. The van der Waals surface area contributed by atoms with Crippen LogP contribution in [0.4, 0.5) is 17.6 Å². The molecule has 0 unspecified atom stereocenters. The Morgan fingerprint density at radius 1 is 1.33 bits per heavy atom. The summed E-state index contributed by atoms with van der Waals surface area (Å²) in [4.78, 5) is 10.7. The van der Waals surface area contributed by atoms with E-state index >= 15 is 0 Å². The van der Waals surface area contributed by atoms with E-state index < -0.39 is 23.3 Å². The zero-order valence-electron chi connectivity index (χ0n) is 7.56. The largest absolute Gasteiger partial charge is 0.497 e. The number of Topliss-reactive ketones (excluding diaryl/α,β-unsaturated/α-hetero) is 1. The van der Waals surface area contributed by atoms with E-state index in [4.69, 9.17) is 0 Å². The Bertz CT molecular complexity index is 384. The number of hydrogen-bond donors (Lipinski definition) is 0. The number of benzene rings is 1. The van der Waals surface area contributed by atoms with Crippen molar-refractivity contribution in [2.24, 2.45) is 0 Å². The topological polar surface area (TPSA) is 26.3 Å². The van der Waals surface area contributed by atoms with E-state index in [2.05, 4.69) is 4.74 Å². The zero-order chi connectivity index (χ0) is 11.6. The van der Waals surface area contributed by atoms with E-state index in [-0.39, 0.29) is 5.75 Å². The summed E-state index contributed by atoms with van der Waals surface area (Å²) in [7, 11) is 1.24. The summed E-state index contributed by atoms with van der Waals surface area (Å²) < 4.78 is 53.4. The quantitative estimate of drug-likeness (QED) is 0.567. The van der Waals surface area contributed by atoms with Gasteiger partial charge in [-0.15, -0.1) is 0 Å². The first kappa shape index (κ1) is 11.5. The molecule has 1 aromatic rings. The molecule has 6 heteroatoms. The smallest absolute Gasteiger partial charge is 0.454 e. The molecular formula is C9H6F4O2. The van der Waals surface area contributed by atoms with Crippen LogP contribution >= 0.6 is 0 Å². The molecule has 0 radical (unpaired) electrons. The van der Waals surface area contributed by atoms with Gasteiger partial charge in [0.05, 0.1) is 12.7 Å². The molecule has 15 heavy (non-hydrogen) atoms. The molecule has 0 saturated heterocycles. The first-order chi connectivity index (χ1) is 6.86. The Morgan fingerprint density at radius 2 is 1.93 bits per heavy atom. The lowest BCUT2D eigenvalue weighted by Gasteiger charge is -2.07. The molecule has 0 bridgehead atoms. The Kier molecular flexibility index (Phi) is 2.97. The van der Waals surface area contributed by atoms with Crippen LogP contribution in [0, 0.1) is 5.82 Å². The lowest BCUT2D eigenvalue weighted by molar-refractivity contribution is -0.0887. The molecule has 1 aromatic carbocycles. The maximum atomic E-state index is 13.0. The number of ether oxygens (including phenoxy) is 1. The summed E-state index contributed by atoms with van der Waals surface area (Å²) in [6.45, 7) is 0. The van der Waals surface area contributed by atoms with Crippen LogP contribution in [0.3, 0.4) is 0 Å². The maximum absolute atomic E-state index is 13.0. The normalized spacial score (nSPS) is 11.3. The third-order valence-corrected chi connectivity index (χ3v) is 1.68. The Balaban J connectivity index is 3.12. The van der Waals surface area contributed by atoms with Crippen molar-refractivity contribution < 1.29 is 27.1 Å². The fourth-order valence-electron chi connectivity index (χ4n) is 0.960. The second-order valence-electron chi connectivity index (χ2n) is 2.67. The molecule has 0 spiro atoms. The van der Waals surface area contributed by atoms with Crippen molar-refractivity contribution in [3.8, 4) is 5.75 Å². The summed E-state index contributed by atoms with van der Waals surface area (Å²) in [6, 6.07) is 2.55. The fraction of sp³-hybridized carbons (Fsp3) is 0.222. The predicted octanol–water partition coefficient (Wildman–Crippen LogP) is 2.58. The maximum Gasteiger partial charge on any atom is 0.454 e. The minimum atomic E-state index is -5.07. The Hall–Kier alpha value is -1.59. The minimum absolute atomic E-state index is 0.0474. The zero-order valence-corrected chi connectivity index (χ0v) is 7.56. The lowest BCUT2D eigenvalue weighted by Crippen LogP contribution is -2.23. The van der Waals surface area contributed by atoms with Gasteiger partial charge in [-0.3, -0.25) is 4.79 Å². The van der Waals surface area contributed by atoms with Crippen LogP contribution in [-0.4, -0.2) is 19.1 Å². The molecule has 2 nitrogen and oxygen atoms in total. The molecule has 0 aliphatic heterocycles. The number of hydrogen-bond acceptors (Lipinski definition) is 2. The highest BCUT2D eigenvalue weighted by Gasteiger charge is 2.40. The van der Waals surface area contributed by atoms with Crippen LogP contribution < -0.4 is 4.74 Å². The van der Waals surface area contributed by atoms with Crippen LogP contribution in [0.5, 0.6) is 5.75 Å². The number of methoxy groups -OCH3 is 1. The second kappa shape index (κ2) is 3.88. The van der Waals surface area contributed by atoms with Gasteiger partial charge < -0.3 is 4.74 Å². The van der Waals surface area contributed by atoms with E-state index in [0.29, 0.717) is 0 Å². The van der Waals surface area contributed by atoms with Crippen LogP contribution in [0.25, 0.3) is 0 Å². The average molecular weight is 222 g/mol. The number of rotatable bonds is 2. The first-order valence-corrected chi connectivity index (χ1v) is 3.81. The highest BCUT2D eigenvalue weighted by Crippen LogP contribution is 2.25. The predicted molar refractivity (Wildman–Crippen MR) is 43.3 cm³/mol. The number of alkyl halides is 3. The molecule has 0 N–H and O–H groups in total. The molecule has 0 atom stereocenters. The first-order valence-electron chi connectivity index (χ1n) is 3.81. The van der Waals surface area contributed by atoms with Crippen LogP contribution in [0.15, 0.2) is 18.2 Å². The van der Waals surface area contributed by atoms with E-state index in [1.807, 2.05) is 0 Å². The molecular weight excluding hydrogens is 216 g/mol. The molecule has 0 saturated carbocycles. The van der Waals surface area contributed by atoms with Crippen molar-refractivity contribution in [3.05, 3.63) is 29.6 Å². The third kappa shape index (κ3) is 2.45. The highest BCUT2D eigenvalue weighted by molar-refractivity contribution is 6.00. The van der Waals surface area contributed by atoms with Crippen molar-refractivity contribution in [2.45, 2.75) is 6.18 Å². The van der Waals surface area contributed by atoms with Crippen LogP contribution in [0.1, 0.15) is 10.4 Å². The third-order valence-electron chi connectivity index (χ3n) is 1.68. The molecule has 82 valence electrons. The van der Waals surface area contributed by atoms with Gasteiger partial charge in [0.1, 0.15) is 11.6 Å². The molecule has 0 amide bonds. The van der Waals surface area contributed by atoms with Crippen molar-refractivity contribution in [2.75, 3.05) is 7.11 Å². The summed E-state index contributed by atoms with van der Waals surface area (Å²) in [5.41, 5.74) is -1.01. The second-order valence-corrected chi connectivity index (χ2v) is 2.67. The van der Waals surface area contributed by atoms with E-state index in [1.54, 1.807) is 0 Å². The molecule has 0 aliphatic carbocycles. The van der Waals surface area contributed by atoms with E-state index in [9.17, 15) is 22.4 Å². The molecule has 0 fully saturated rings. The van der Waals surface area contributed by atoms with Gasteiger partial charge in [0.15, 0.2) is 0 Å². The summed E-state index contributed by atoms with van der Waals surface area (Å²) in [5, 5.41) is 0. The van der Waals surface area contributed by atoms with Gasteiger partial charge in [0, 0.05) is 6.07 Å². The van der Waals surface area contributed by atoms with Gasteiger partial charge in [-0.05, 0) is 12.1 Å². The van der Waals surface area contributed by atoms with Crippen molar-refractivity contribution in [3.63, 3.8) is 0 Å². The van der Waals surface area contributed by atoms with Gasteiger partial charge in [0.25, 0.3) is 5.78 Å². The Morgan fingerprint density at radius 3 is 2.33 bits per heavy atom. The molecule has 0 aromatic heterocycles. The Labute approximate surface area is 82.5 Å². The summed E-state index contributed by atoms with van der Waals surface area (Å²) >= 11 is 0. The van der Waals surface area contributed by atoms with Gasteiger partial charge in [-0.25, -0.2) is 4.39 Å². The minimum Gasteiger partial charge on any atom is -0.497 e. The summed E-state index contributed by atoms with van der Waals surface area (Å²) in [6.07, 6.45) is -5.07. The summed E-state index contributed by atoms with van der Waals surface area (Å²) in [5.74, 6) is -3.41. The van der Waals surface area contributed by atoms with Crippen LogP contribution in [0.2, 0.25) is 0 Å². The molecule has 0 aliphatic rings. The number of carbonyl (C=O) groups is 1. The molecule has 1 rings (SSSR count). The number of ketones is 1. The molecule has 0 heterocycles.